The molecule has 3 aromatic rings. The fourth-order valence-corrected chi connectivity index (χ4v) is 4.50. The average Bonchev–Trinajstić information content (AvgIpc) is 2.99. The Labute approximate surface area is 202 Å². The predicted molar refractivity (Wildman–Crippen MR) is 129 cm³/mol. The van der Waals surface area contributed by atoms with Gasteiger partial charge in [0.05, 0.1) is 18.2 Å². The van der Waals surface area contributed by atoms with Crippen molar-refractivity contribution < 1.29 is 23.0 Å². The molecule has 1 fully saturated rings. The number of ether oxygens (including phenoxy) is 2. The van der Waals surface area contributed by atoms with Crippen LogP contribution in [0.15, 0.2) is 59.6 Å². The quantitative estimate of drug-likeness (QED) is 0.502. The van der Waals surface area contributed by atoms with Gasteiger partial charge in [-0.15, -0.1) is 0 Å². The second-order valence-corrected chi connectivity index (χ2v) is 8.79. The number of hydrogen-bond donors (Lipinski definition) is 0. The van der Waals surface area contributed by atoms with Crippen molar-refractivity contribution in [1.82, 2.24) is 9.80 Å². The Balaban J connectivity index is 1.47. The molecule has 0 aliphatic carbocycles. The summed E-state index contributed by atoms with van der Waals surface area (Å²) in [4.78, 5) is 21.7. The molecule has 8 heteroatoms. The number of amidine groups is 1. The van der Waals surface area contributed by atoms with E-state index in [1.54, 1.807) is 12.0 Å². The molecule has 1 unspecified atom stereocenters. The van der Waals surface area contributed by atoms with Crippen molar-refractivity contribution >= 4 is 17.4 Å². The van der Waals surface area contributed by atoms with Crippen molar-refractivity contribution in [3.8, 4) is 17.2 Å². The molecule has 5 rings (SSSR count). The maximum absolute atomic E-state index is 14.3. The Morgan fingerprint density at radius 2 is 1.89 bits per heavy atom. The van der Waals surface area contributed by atoms with Gasteiger partial charge in [-0.05, 0) is 61.9 Å². The van der Waals surface area contributed by atoms with E-state index in [2.05, 4.69) is 4.90 Å². The monoisotopic (exact) mass is 477 g/mol. The molecule has 35 heavy (non-hydrogen) atoms. The van der Waals surface area contributed by atoms with E-state index >= 15 is 0 Å². The van der Waals surface area contributed by atoms with Gasteiger partial charge in [-0.1, -0.05) is 6.07 Å². The summed E-state index contributed by atoms with van der Waals surface area (Å²) in [6.07, 6.45) is 0. The van der Waals surface area contributed by atoms with Crippen LogP contribution in [0.5, 0.6) is 17.2 Å². The second kappa shape index (κ2) is 9.02. The molecular formula is C27H25F2N3O3. The van der Waals surface area contributed by atoms with Gasteiger partial charge in [0.25, 0.3) is 5.91 Å². The molecule has 3 aromatic carbocycles. The van der Waals surface area contributed by atoms with Gasteiger partial charge in [0.1, 0.15) is 34.7 Å². The van der Waals surface area contributed by atoms with Crippen LogP contribution < -0.4 is 9.47 Å². The van der Waals surface area contributed by atoms with Crippen LogP contribution in [0.25, 0.3) is 0 Å². The topological polar surface area (TPSA) is 54.4 Å². The van der Waals surface area contributed by atoms with Crippen LogP contribution in [-0.2, 0) is 0 Å². The minimum Gasteiger partial charge on any atom is -0.497 e. The van der Waals surface area contributed by atoms with Crippen molar-refractivity contribution in [2.24, 2.45) is 4.99 Å². The lowest BCUT2D eigenvalue weighted by atomic mass is 10.1. The van der Waals surface area contributed by atoms with Gasteiger partial charge >= 0.3 is 0 Å². The maximum Gasteiger partial charge on any atom is 0.257 e. The summed E-state index contributed by atoms with van der Waals surface area (Å²) in [5, 5.41) is 0. The zero-order valence-corrected chi connectivity index (χ0v) is 19.7. The SMILES string of the molecule is COc1ccc2c(c1)C(N1CCN(C(=O)c3ccc(F)cc3F)C(C)C1)=Nc1ccc(C)cc1O2. The van der Waals surface area contributed by atoms with Crippen LogP contribution in [0.3, 0.4) is 0 Å². The number of rotatable bonds is 2. The van der Waals surface area contributed by atoms with E-state index in [1.165, 1.54) is 6.07 Å². The van der Waals surface area contributed by atoms with Gasteiger partial charge in [0, 0.05) is 31.7 Å². The highest BCUT2D eigenvalue weighted by atomic mass is 19.1. The highest BCUT2D eigenvalue weighted by molar-refractivity contribution is 6.04. The first-order valence-corrected chi connectivity index (χ1v) is 11.4. The first-order chi connectivity index (χ1) is 16.8. The number of methoxy groups -OCH3 is 1. The van der Waals surface area contributed by atoms with Gasteiger partial charge in [-0.25, -0.2) is 13.8 Å². The summed E-state index contributed by atoms with van der Waals surface area (Å²) >= 11 is 0. The van der Waals surface area contributed by atoms with Gasteiger partial charge in [0.2, 0.25) is 0 Å². The van der Waals surface area contributed by atoms with E-state index in [-0.39, 0.29) is 11.6 Å². The smallest absolute Gasteiger partial charge is 0.257 e. The van der Waals surface area contributed by atoms with Crippen LogP contribution >= 0.6 is 0 Å². The number of fused-ring (bicyclic) bond motifs is 2. The molecule has 1 atom stereocenters. The Morgan fingerprint density at radius 3 is 2.63 bits per heavy atom. The maximum atomic E-state index is 14.3. The summed E-state index contributed by atoms with van der Waals surface area (Å²) in [6, 6.07) is 14.2. The largest absolute Gasteiger partial charge is 0.497 e. The molecule has 1 amide bonds. The summed E-state index contributed by atoms with van der Waals surface area (Å²) in [6.45, 7) is 5.22. The molecule has 0 N–H and O–H groups in total. The van der Waals surface area contributed by atoms with Crippen LogP contribution in [0.2, 0.25) is 0 Å². The standard InChI is InChI=1S/C27H25F2N3O3/c1-16-4-8-23-25(12-16)35-24-9-6-19(34-3)14-21(24)26(30-23)31-10-11-32(17(2)15-31)27(33)20-7-5-18(28)13-22(20)29/h4-9,12-14,17H,10-11,15H2,1-3H3. The summed E-state index contributed by atoms with van der Waals surface area (Å²) in [5.74, 6) is 0.694. The number of hydrogen-bond acceptors (Lipinski definition) is 5. The van der Waals surface area contributed by atoms with Gasteiger partial charge < -0.3 is 19.3 Å². The number of carbonyl (C=O) groups excluding carboxylic acids is 1. The minimum atomic E-state index is -0.858. The average molecular weight is 478 g/mol. The fraction of sp³-hybridized carbons (Fsp3) is 0.259. The predicted octanol–water partition coefficient (Wildman–Crippen LogP) is 5.31. The van der Waals surface area contributed by atoms with Crippen LogP contribution in [-0.4, -0.2) is 54.3 Å². The number of nitrogens with zero attached hydrogens (tertiary/aromatic N) is 3. The van der Waals surface area contributed by atoms with Crippen LogP contribution in [0, 0.1) is 18.6 Å². The van der Waals surface area contributed by atoms with Gasteiger partial charge in [0.15, 0.2) is 5.75 Å². The minimum absolute atomic E-state index is 0.133. The number of benzene rings is 3. The lowest BCUT2D eigenvalue weighted by Crippen LogP contribution is -2.55. The van der Waals surface area contributed by atoms with Gasteiger partial charge in [-0.3, -0.25) is 4.79 Å². The first kappa shape index (κ1) is 22.8. The molecule has 1 saturated heterocycles. The summed E-state index contributed by atoms with van der Waals surface area (Å²) in [5.41, 5.74) is 2.42. The number of halogens is 2. The van der Waals surface area contributed by atoms with E-state index in [1.807, 2.05) is 50.2 Å². The number of piperazine rings is 1. The molecule has 0 saturated carbocycles. The molecule has 0 aromatic heterocycles. The number of amides is 1. The van der Waals surface area contributed by atoms with E-state index in [9.17, 15) is 13.6 Å². The third-order valence-electron chi connectivity index (χ3n) is 6.34. The van der Waals surface area contributed by atoms with Crippen molar-refractivity contribution in [2.45, 2.75) is 19.9 Å². The molecule has 2 aliphatic heterocycles. The molecule has 180 valence electrons. The van der Waals surface area contributed by atoms with Crippen molar-refractivity contribution in [3.05, 3.63) is 82.9 Å². The zero-order chi connectivity index (χ0) is 24.7. The highest BCUT2D eigenvalue weighted by Crippen LogP contribution is 2.40. The Bertz CT molecular complexity index is 1340. The summed E-state index contributed by atoms with van der Waals surface area (Å²) in [7, 11) is 1.61. The Kier molecular flexibility index (Phi) is 5.88. The van der Waals surface area contributed by atoms with E-state index in [0.717, 1.165) is 23.3 Å². The first-order valence-electron chi connectivity index (χ1n) is 11.4. The molecule has 0 bridgehead atoms. The third-order valence-corrected chi connectivity index (χ3v) is 6.34. The molecule has 6 nitrogen and oxygen atoms in total. The Hall–Kier alpha value is -3.94. The fourth-order valence-electron chi connectivity index (χ4n) is 4.50. The molecule has 0 radical (unpaired) electrons. The van der Waals surface area contributed by atoms with E-state index < -0.39 is 17.5 Å². The van der Waals surface area contributed by atoms with Crippen molar-refractivity contribution in [3.63, 3.8) is 0 Å². The third kappa shape index (κ3) is 4.32. The van der Waals surface area contributed by atoms with Crippen LogP contribution in [0.4, 0.5) is 14.5 Å². The number of carbonyl (C=O) groups is 1. The number of aryl methyl sites for hydroxylation is 1. The molecule has 0 spiro atoms. The van der Waals surface area contributed by atoms with E-state index in [0.29, 0.717) is 48.4 Å². The summed E-state index contributed by atoms with van der Waals surface area (Å²) < 4.78 is 39.3. The second-order valence-electron chi connectivity index (χ2n) is 8.79. The van der Waals surface area contributed by atoms with Crippen molar-refractivity contribution in [1.29, 1.82) is 0 Å². The van der Waals surface area contributed by atoms with Gasteiger partial charge in [-0.2, -0.15) is 0 Å². The van der Waals surface area contributed by atoms with Crippen LogP contribution in [0.1, 0.15) is 28.4 Å². The lowest BCUT2D eigenvalue weighted by molar-refractivity contribution is 0.0576. The molecule has 2 heterocycles. The number of aliphatic imine (C=N–C) groups is 1. The molecule has 2 aliphatic rings. The lowest BCUT2D eigenvalue weighted by Gasteiger charge is -2.41. The highest BCUT2D eigenvalue weighted by Gasteiger charge is 2.33. The zero-order valence-electron chi connectivity index (χ0n) is 19.7. The normalized spacial score (nSPS) is 17.1. The Morgan fingerprint density at radius 1 is 1.06 bits per heavy atom. The van der Waals surface area contributed by atoms with E-state index in [4.69, 9.17) is 14.5 Å². The van der Waals surface area contributed by atoms with Crippen molar-refractivity contribution in [2.75, 3.05) is 26.7 Å². The molecular weight excluding hydrogens is 452 g/mol.